The number of rotatable bonds is 8. The van der Waals surface area contributed by atoms with Crippen LogP contribution in [0.5, 0.6) is 0 Å². The highest BCUT2D eigenvalue weighted by atomic mass is 16.5. The normalized spacial score (nSPS) is 16.8. The fraction of sp³-hybridized carbons (Fsp3) is 0.556. The molecule has 0 aliphatic carbocycles. The number of carbonyl (C=O) groups is 2. The molecule has 1 saturated heterocycles. The zero-order chi connectivity index (χ0) is 17.4. The van der Waals surface area contributed by atoms with Gasteiger partial charge in [0.1, 0.15) is 0 Å². The number of nitrogens with zero attached hydrogens (tertiary/aromatic N) is 2. The number of primary amides is 1. The van der Waals surface area contributed by atoms with Gasteiger partial charge >= 0.3 is 0 Å². The first-order valence-electron chi connectivity index (χ1n) is 8.50. The fourth-order valence-electron chi connectivity index (χ4n) is 2.79. The van der Waals surface area contributed by atoms with Crippen LogP contribution in [0.1, 0.15) is 25.3 Å². The lowest BCUT2D eigenvalue weighted by atomic mass is 10.2. The van der Waals surface area contributed by atoms with Gasteiger partial charge in [-0.25, -0.2) is 0 Å². The van der Waals surface area contributed by atoms with E-state index >= 15 is 0 Å². The Hall–Kier alpha value is -1.92. The molecule has 0 unspecified atom stereocenters. The lowest BCUT2D eigenvalue weighted by molar-refractivity contribution is -0.134. The molecule has 1 fully saturated rings. The van der Waals surface area contributed by atoms with E-state index in [9.17, 15) is 9.59 Å². The van der Waals surface area contributed by atoms with Gasteiger partial charge < -0.3 is 15.4 Å². The molecule has 2 amide bonds. The molecule has 1 aromatic carbocycles. The van der Waals surface area contributed by atoms with Crippen LogP contribution in [0.4, 0.5) is 0 Å². The van der Waals surface area contributed by atoms with E-state index in [1.54, 1.807) is 0 Å². The zero-order valence-electron chi connectivity index (χ0n) is 14.3. The van der Waals surface area contributed by atoms with E-state index in [0.717, 1.165) is 12.0 Å². The van der Waals surface area contributed by atoms with Crippen molar-refractivity contribution in [1.82, 2.24) is 9.80 Å². The van der Waals surface area contributed by atoms with E-state index < -0.39 is 0 Å². The maximum absolute atomic E-state index is 12.2. The summed E-state index contributed by atoms with van der Waals surface area (Å²) >= 11 is 0. The number of nitrogens with two attached hydrogens (primary N) is 1. The monoisotopic (exact) mass is 333 g/mol. The summed E-state index contributed by atoms with van der Waals surface area (Å²) in [6.45, 7) is 5.67. The number of benzene rings is 1. The van der Waals surface area contributed by atoms with Crippen molar-refractivity contribution in [2.24, 2.45) is 5.73 Å². The molecule has 6 nitrogen and oxygen atoms in total. The maximum Gasteiger partial charge on any atom is 0.234 e. The molecule has 24 heavy (non-hydrogen) atoms. The molecule has 1 aromatic rings. The van der Waals surface area contributed by atoms with Crippen LogP contribution in [0.3, 0.4) is 0 Å². The van der Waals surface area contributed by atoms with Crippen LogP contribution >= 0.6 is 0 Å². The maximum atomic E-state index is 12.2. The standard InChI is InChI=1S/C18H27N3O3/c1-15(18(19)23)20-9-11-21(12-10-20)17(22)8-5-13-24-14-16-6-3-2-4-7-16/h2-4,6-7,15H,5,8-14H2,1H3,(H2,19,23)/t15-/m0/s1. The largest absolute Gasteiger partial charge is 0.377 e. The Labute approximate surface area is 143 Å². The molecular formula is C18H27N3O3. The summed E-state index contributed by atoms with van der Waals surface area (Å²) in [5.41, 5.74) is 6.46. The van der Waals surface area contributed by atoms with Crippen molar-refractivity contribution in [3.05, 3.63) is 35.9 Å². The molecule has 0 bridgehead atoms. The second-order valence-electron chi connectivity index (χ2n) is 6.14. The summed E-state index contributed by atoms with van der Waals surface area (Å²) < 4.78 is 5.60. The topological polar surface area (TPSA) is 75.9 Å². The van der Waals surface area contributed by atoms with Gasteiger partial charge in [0.15, 0.2) is 0 Å². The molecule has 2 N–H and O–H groups in total. The highest BCUT2D eigenvalue weighted by Gasteiger charge is 2.25. The number of piperazine rings is 1. The van der Waals surface area contributed by atoms with Crippen molar-refractivity contribution in [2.75, 3.05) is 32.8 Å². The van der Waals surface area contributed by atoms with Crippen LogP contribution < -0.4 is 5.73 Å². The smallest absolute Gasteiger partial charge is 0.234 e. The Balaban J connectivity index is 1.59. The lowest BCUT2D eigenvalue weighted by Gasteiger charge is -2.37. The van der Waals surface area contributed by atoms with Gasteiger partial charge in [-0.3, -0.25) is 14.5 Å². The summed E-state index contributed by atoms with van der Waals surface area (Å²) in [5.74, 6) is -0.157. The Bertz CT molecular complexity index is 528. The highest BCUT2D eigenvalue weighted by Crippen LogP contribution is 2.09. The molecule has 0 aromatic heterocycles. The zero-order valence-corrected chi connectivity index (χ0v) is 14.3. The molecule has 132 valence electrons. The second kappa shape index (κ2) is 9.39. The van der Waals surface area contributed by atoms with Crippen molar-refractivity contribution in [3.63, 3.8) is 0 Å². The minimum absolute atomic E-state index is 0.157. The molecule has 1 aliphatic heterocycles. The minimum atomic E-state index is -0.314. The molecule has 1 aliphatic rings. The van der Waals surface area contributed by atoms with Crippen molar-refractivity contribution < 1.29 is 14.3 Å². The Kier molecular flexibility index (Phi) is 7.21. The van der Waals surface area contributed by atoms with E-state index in [1.807, 2.05) is 47.1 Å². The molecule has 1 heterocycles. The van der Waals surface area contributed by atoms with Gasteiger partial charge in [0.2, 0.25) is 11.8 Å². The van der Waals surface area contributed by atoms with Gasteiger partial charge in [-0.2, -0.15) is 0 Å². The van der Waals surface area contributed by atoms with Gasteiger partial charge in [-0.1, -0.05) is 30.3 Å². The van der Waals surface area contributed by atoms with Gasteiger partial charge in [0.25, 0.3) is 0 Å². The third kappa shape index (κ3) is 5.62. The summed E-state index contributed by atoms with van der Waals surface area (Å²) in [7, 11) is 0. The Morgan fingerprint density at radius 3 is 2.46 bits per heavy atom. The molecule has 2 rings (SSSR count). The predicted molar refractivity (Wildman–Crippen MR) is 92.1 cm³/mol. The molecule has 0 radical (unpaired) electrons. The molecule has 1 atom stereocenters. The summed E-state index contributed by atoms with van der Waals surface area (Å²) in [4.78, 5) is 27.3. The third-order valence-electron chi connectivity index (χ3n) is 4.42. The first-order chi connectivity index (χ1) is 11.6. The summed E-state index contributed by atoms with van der Waals surface area (Å²) in [6, 6.07) is 9.73. The van der Waals surface area contributed by atoms with Crippen molar-refractivity contribution in [3.8, 4) is 0 Å². The second-order valence-corrected chi connectivity index (χ2v) is 6.14. The van der Waals surface area contributed by atoms with Crippen LogP contribution in [-0.4, -0.2) is 60.4 Å². The van der Waals surface area contributed by atoms with E-state index in [-0.39, 0.29) is 17.9 Å². The van der Waals surface area contributed by atoms with Gasteiger partial charge in [0, 0.05) is 39.2 Å². The summed E-state index contributed by atoms with van der Waals surface area (Å²) in [6.07, 6.45) is 1.23. The van der Waals surface area contributed by atoms with Crippen LogP contribution in [-0.2, 0) is 20.9 Å². The minimum Gasteiger partial charge on any atom is -0.377 e. The van der Waals surface area contributed by atoms with Crippen molar-refractivity contribution >= 4 is 11.8 Å². The lowest BCUT2D eigenvalue weighted by Crippen LogP contribution is -2.54. The van der Waals surface area contributed by atoms with Crippen LogP contribution in [0.2, 0.25) is 0 Å². The molecule has 0 saturated carbocycles. The number of carbonyl (C=O) groups excluding carboxylic acids is 2. The molecule has 6 heteroatoms. The van der Waals surface area contributed by atoms with E-state index in [0.29, 0.717) is 45.8 Å². The van der Waals surface area contributed by atoms with Crippen LogP contribution in [0.15, 0.2) is 30.3 Å². The van der Waals surface area contributed by atoms with E-state index in [2.05, 4.69) is 0 Å². The van der Waals surface area contributed by atoms with Gasteiger partial charge in [-0.05, 0) is 18.9 Å². The Morgan fingerprint density at radius 2 is 1.83 bits per heavy atom. The number of ether oxygens (including phenoxy) is 1. The molecule has 0 spiro atoms. The highest BCUT2D eigenvalue weighted by molar-refractivity contribution is 5.79. The SMILES string of the molecule is C[C@@H](C(N)=O)N1CCN(C(=O)CCCOCc2ccccc2)CC1. The van der Waals surface area contributed by atoms with Crippen molar-refractivity contribution in [1.29, 1.82) is 0 Å². The quantitative estimate of drug-likeness (QED) is 0.720. The van der Waals surface area contributed by atoms with E-state index in [4.69, 9.17) is 10.5 Å². The summed E-state index contributed by atoms with van der Waals surface area (Å²) in [5, 5.41) is 0. The predicted octanol–water partition coefficient (Wildman–Crippen LogP) is 1.00. The van der Waals surface area contributed by atoms with Gasteiger partial charge in [0.05, 0.1) is 12.6 Å². The molecular weight excluding hydrogens is 306 g/mol. The number of amides is 2. The van der Waals surface area contributed by atoms with Gasteiger partial charge in [-0.15, -0.1) is 0 Å². The number of hydrogen-bond acceptors (Lipinski definition) is 4. The first-order valence-corrected chi connectivity index (χ1v) is 8.50. The van der Waals surface area contributed by atoms with Crippen LogP contribution in [0.25, 0.3) is 0 Å². The third-order valence-corrected chi connectivity index (χ3v) is 4.42. The Morgan fingerprint density at radius 1 is 1.17 bits per heavy atom. The van der Waals surface area contributed by atoms with Crippen LogP contribution in [0, 0.1) is 0 Å². The number of hydrogen-bond donors (Lipinski definition) is 1. The average molecular weight is 333 g/mol. The van der Waals surface area contributed by atoms with Crippen molar-refractivity contribution in [2.45, 2.75) is 32.4 Å². The fourth-order valence-corrected chi connectivity index (χ4v) is 2.79. The van der Waals surface area contributed by atoms with E-state index in [1.165, 1.54) is 0 Å². The first kappa shape index (κ1) is 18.4. The average Bonchev–Trinajstić information content (AvgIpc) is 2.61.